The Morgan fingerprint density at radius 1 is 1.24 bits per heavy atom. The summed E-state index contributed by atoms with van der Waals surface area (Å²) in [5, 5.41) is 3.47. The Hall–Kier alpha value is -0.960. The normalized spacial score (nSPS) is 29.0. The molecule has 116 valence electrons. The van der Waals surface area contributed by atoms with E-state index in [2.05, 4.69) is 12.2 Å². The molecule has 0 saturated heterocycles. The fraction of sp³-hybridized carbons (Fsp3) is 0.667. The van der Waals surface area contributed by atoms with E-state index in [0.717, 1.165) is 37.3 Å². The Balaban J connectivity index is 1.74. The zero-order valence-electron chi connectivity index (χ0n) is 12.7. The van der Waals surface area contributed by atoms with Crippen LogP contribution < -0.4 is 5.32 Å². The molecule has 2 fully saturated rings. The average Bonchev–Trinajstić information content (AvgIpc) is 3.06. The Morgan fingerprint density at radius 3 is 2.71 bits per heavy atom. The van der Waals surface area contributed by atoms with Crippen LogP contribution in [0, 0.1) is 29.4 Å². The third-order valence-electron chi connectivity index (χ3n) is 5.40. The SMILES string of the molecule is CCCNC(CC1CC2CCC1C2)c1ccc(F)cc1F. The smallest absolute Gasteiger partial charge is 0.130 e. The first-order valence-electron chi connectivity index (χ1n) is 8.35. The van der Waals surface area contributed by atoms with Crippen LogP contribution >= 0.6 is 0 Å². The van der Waals surface area contributed by atoms with E-state index in [1.165, 1.54) is 31.7 Å². The van der Waals surface area contributed by atoms with Crippen LogP contribution in [0.1, 0.15) is 57.1 Å². The second-order valence-electron chi connectivity index (χ2n) is 6.84. The van der Waals surface area contributed by atoms with Crippen LogP contribution in [0.3, 0.4) is 0 Å². The molecule has 2 bridgehead atoms. The molecule has 1 N–H and O–H groups in total. The lowest BCUT2D eigenvalue weighted by Gasteiger charge is -2.28. The van der Waals surface area contributed by atoms with E-state index >= 15 is 0 Å². The molecule has 0 aliphatic heterocycles. The standard InChI is InChI=1S/C18H25F2N/c1-2-7-21-18(16-6-5-15(19)11-17(16)20)10-14-9-12-3-4-13(14)8-12/h5-6,11-14,18,21H,2-4,7-10H2,1H3. The van der Waals surface area contributed by atoms with Gasteiger partial charge in [-0.2, -0.15) is 0 Å². The minimum absolute atomic E-state index is 0.0231. The molecular formula is C18H25F2N. The first kappa shape index (κ1) is 15.0. The Kier molecular flexibility index (Phi) is 4.58. The summed E-state index contributed by atoms with van der Waals surface area (Å²) in [5.41, 5.74) is 0.632. The number of fused-ring (bicyclic) bond motifs is 2. The van der Waals surface area contributed by atoms with Crippen molar-refractivity contribution >= 4 is 0 Å². The predicted octanol–water partition coefficient (Wildman–Crippen LogP) is 4.83. The summed E-state index contributed by atoms with van der Waals surface area (Å²) in [5.74, 6) is 1.55. The maximum absolute atomic E-state index is 14.1. The van der Waals surface area contributed by atoms with Crippen molar-refractivity contribution in [1.82, 2.24) is 5.32 Å². The molecule has 0 aromatic heterocycles. The van der Waals surface area contributed by atoms with Gasteiger partial charge < -0.3 is 5.32 Å². The number of halogens is 2. The van der Waals surface area contributed by atoms with Crippen LogP contribution in [0.2, 0.25) is 0 Å². The van der Waals surface area contributed by atoms with Crippen molar-refractivity contribution in [1.29, 1.82) is 0 Å². The fourth-order valence-corrected chi connectivity index (χ4v) is 4.39. The Labute approximate surface area is 126 Å². The van der Waals surface area contributed by atoms with Crippen LogP contribution in [-0.2, 0) is 0 Å². The molecule has 4 atom stereocenters. The van der Waals surface area contributed by atoms with Crippen molar-refractivity contribution < 1.29 is 8.78 Å². The molecule has 0 amide bonds. The van der Waals surface area contributed by atoms with Gasteiger partial charge in [-0.05, 0) is 62.5 Å². The van der Waals surface area contributed by atoms with Gasteiger partial charge in [-0.15, -0.1) is 0 Å². The first-order chi connectivity index (χ1) is 10.2. The molecule has 0 spiro atoms. The summed E-state index contributed by atoms with van der Waals surface area (Å²) in [4.78, 5) is 0. The van der Waals surface area contributed by atoms with Gasteiger partial charge >= 0.3 is 0 Å². The van der Waals surface area contributed by atoms with E-state index < -0.39 is 11.6 Å². The minimum Gasteiger partial charge on any atom is -0.310 e. The summed E-state index contributed by atoms with van der Waals surface area (Å²) in [6.45, 7) is 2.99. The maximum Gasteiger partial charge on any atom is 0.130 e. The number of rotatable bonds is 6. The van der Waals surface area contributed by atoms with Gasteiger partial charge in [0.15, 0.2) is 0 Å². The van der Waals surface area contributed by atoms with E-state index in [9.17, 15) is 8.78 Å². The van der Waals surface area contributed by atoms with Gasteiger partial charge in [0.05, 0.1) is 0 Å². The highest BCUT2D eigenvalue weighted by atomic mass is 19.1. The molecular weight excluding hydrogens is 268 g/mol. The predicted molar refractivity (Wildman–Crippen MR) is 80.9 cm³/mol. The van der Waals surface area contributed by atoms with Gasteiger partial charge in [-0.1, -0.05) is 19.4 Å². The van der Waals surface area contributed by atoms with Gasteiger partial charge in [-0.25, -0.2) is 8.78 Å². The molecule has 1 aromatic rings. The van der Waals surface area contributed by atoms with Crippen molar-refractivity contribution in [3.63, 3.8) is 0 Å². The van der Waals surface area contributed by atoms with Gasteiger partial charge in [-0.3, -0.25) is 0 Å². The van der Waals surface area contributed by atoms with Crippen molar-refractivity contribution in [2.75, 3.05) is 6.54 Å². The third-order valence-corrected chi connectivity index (χ3v) is 5.40. The highest BCUT2D eigenvalue weighted by Gasteiger charge is 2.40. The van der Waals surface area contributed by atoms with E-state index in [0.29, 0.717) is 11.5 Å². The summed E-state index contributed by atoms with van der Waals surface area (Å²) in [6.07, 6.45) is 7.43. The molecule has 0 radical (unpaired) electrons. The first-order valence-corrected chi connectivity index (χ1v) is 8.35. The molecule has 3 rings (SSSR count). The molecule has 4 unspecified atom stereocenters. The molecule has 2 saturated carbocycles. The van der Waals surface area contributed by atoms with E-state index in [4.69, 9.17) is 0 Å². The van der Waals surface area contributed by atoms with E-state index in [-0.39, 0.29) is 6.04 Å². The Morgan fingerprint density at radius 2 is 2.10 bits per heavy atom. The zero-order chi connectivity index (χ0) is 14.8. The molecule has 21 heavy (non-hydrogen) atoms. The molecule has 1 aromatic carbocycles. The van der Waals surface area contributed by atoms with Crippen LogP contribution in [0.5, 0.6) is 0 Å². The summed E-state index contributed by atoms with van der Waals surface area (Å²) >= 11 is 0. The lowest BCUT2D eigenvalue weighted by molar-refractivity contribution is 0.276. The van der Waals surface area contributed by atoms with Gasteiger partial charge in [0.25, 0.3) is 0 Å². The van der Waals surface area contributed by atoms with Crippen LogP contribution in [0.15, 0.2) is 18.2 Å². The van der Waals surface area contributed by atoms with Gasteiger partial charge in [0.2, 0.25) is 0 Å². The number of hydrogen-bond acceptors (Lipinski definition) is 1. The monoisotopic (exact) mass is 293 g/mol. The number of hydrogen-bond donors (Lipinski definition) is 1. The fourth-order valence-electron chi connectivity index (χ4n) is 4.39. The second-order valence-corrected chi connectivity index (χ2v) is 6.84. The molecule has 0 heterocycles. The highest BCUT2D eigenvalue weighted by molar-refractivity contribution is 5.22. The molecule has 1 nitrogen and oxygen atoms in total. The van der Waals surface area contributed by atoms with Gasteiger partial charge in [0.1, 0.15) is 11.6 Å². The largest absolute Gasteiger partial charge is 0.310 e. The zero-order valence-corrected chi connectivity index (χ0v) is 12.7. The van der Waals surface area contributed by atoms with Crippen molar-refractivity contribution in [2.45, 2.75) is 51.5 Å². The van der Waals surface area contributed by atoms with Crippen LogP contribution in [0.4, 0.5) is 8.78 Å². The second kappa shape index (κ2) is 6.43. The Bertz CT molecular complexity index is 488. The third kappa shape index (κ3) is 3.28. The summed E-state index contributed by atoms with van der Waals surface area (Å²) in [7, 11) is 0. The van der Waals surface area contributed by atoms with E-state index in [1.54, 1.807) is 6.07 Å². The van der Waals surface area contributed by atoms with Crippen molar-refractivity contribution in [2.24, 2.45) is 17.8 Å². The summed E-state index contributed by atoms with van der Waals surface area (Å²) in [6, 6.07) is 4.02. The van der Waals surface area contributed by atoms with Crippen LogP contribution in [0.25, 0.3) is 0 Å². The molecule has 2 aliphatic rings. The quantitative estimate of drug-likeness (QED) is 0.792. The molecule has 3 heteroatoms. The number of nitrogens with one attached hydrogen (secondary N) is 1. The topological polar surface area (TPSA) is 12.0 Å². The highest BCUT2D eigenvalue weighted by Crippen LogP contribution is 2.51. The van der Waals surface area contributed by atoms with Crippen LogP contribution in [-0.4, -0.2) is 6.54 Å². The van der Waals surface area contributed by atoms with Gasteiger partial charge in [0, 0.05) is 17.7 Å². The average molecular weight is 293 g/mol. The lowest BCUT2D eigenvalue weighted by atomic mass is 9.82. The minimum atomic E-state index is -0.495. The molecule has 2 aliphatic carbocycles. The number of benzene rings is 1. The van der Waals surface area contributed by atoms with E-state index in [1.807, 2.05) is 0 Å². The lowest BCUT2D eigenvalue weighted by Crippen LogP contribution is -2.27. The van der Waals surface area contributed by atoms with Crippen molar-refractivity contribution in [3.8, 4) is 0 Å². The maximum atomic E-state index is 14.1. The van der Waals surface area contributed by atoms with Crippen molar-refractivity contribution in [3.05, 3.63) is 35.4 Å². The summed E-state index contributed by atoms with van der Waals surface area (Å²) < 4.78 is 27.2.